The lowest BCUT2D eigenvalue weighted by molar-refractivity contribution is -0.122. The minimum atomic E-state index is -0.170. The number of fused-ring (bicyclic) bond motifs is 1. The van der Waals surface area contributed by atoms with Crippen LogP contribution in [0.5, 0.6) is 5.75 Å². The van der Waals surface area contributed by atoms with Gasteiger partial charge in [0.15, 0.2) is 0 Å². The maximum Gasteiger partial charge on any atom is 0.257 e. The van der Waals surface area contributed by atoms with Crippen LogP contribution in [0.1, 0.15) is 42.6 Å². The minimum Gasteiger partial charge on any atom is -0.491 e. The van der Waals surface area contributed by atoms with E-state index in [1.54, 1.807) is 43.5 Å². The molecule has 0 aliphatic carbocycles. The Balaban J connectivity index is 1.59. The van der Waals surface area contributed by atoms with E-state index in [2.05, 4.69) is 35.1 Å². The van der Waals surface area contributed by atoms with Crippen LogP contribution in [0.25, 0.3) is 0 Å². The summed E-state index contributed by atoms with van der Waals surface area (Å²) in [5.41, 5.74) is 2.14. The van der Waals surface area contributed by atoms with Gasteiger partial charge in [0.1, 0.15) is 12.4 Å². The van der Waals surface area contributed by atoms with Crippen molar-refractivity contribution < 1.29 is 23.8 Å². The van der Waals surface area contributed by atoms with Crippen molar-refractivity contribution in [3.8, 4) is 5.75 Å². The maximum atomic E-state index is 13.6. The van der Waals surface area contributed by atoms with Gasteiger partial charge in [0, 0.05) is 77.0 Å². The van der Waals surface area contributed by atoms with Crippen LogP contribution in [0.4, 0.5) is 5.69 Å². The average molecular weight is 525 g/mol. The molecular weight excluding hydrogens is 484 g/mol. The van der Waals surface area contributed by atoms with E-state index in [1.807, 2.05) is 12.3 Å². The fourth-order valence-electron chi connectivity index (χ4n) is 5.08. The van der Waals surface area contributed by atoms with Gasteiger partial charge < -0.3 is 24.4 Å². The largest absolute Gasteiger partial charge is 0.491 e. The quantitative estimate of drug-likeness (QED) is 0.640. The molecule has 0 spiro atoms. The molecule has 2 aliphatic heterocycles. The van der Waals surface area contributed by atoms with E-state index in [0.29, 0.717) is 56.2 Å². The van der Waals surface area contributed by atoms with Crippen molar-refractivity contribution in [2.24, 2.45) is 11.8 Å². The molecule has 2 aromatic rings. The van der Waals surface area contributed by atoms with Gasteiger partial charge in [-0.05, 0) is 55.5 Å². The molecular formula is C29H40N4O5. The number of amides is 2. The lowest BCUT2D eigenvalue weighted by Gasteiger charge is -2.36. The number of carbonyl (C=O) groups excluding carboxylic acids is 2. The molecule has 1 fully saturated rings. The van der Waals surface area contributed by atoms with Crippen molar-refractivity contribution in [3.63, 3.8) is 0 Å². The summed E-state index contributed by atoms with van der Waals surface area (Å²) in [5.74, 6) is 0.364. The number of ether oxygens (including phenoxy) is 3. The van der Waals surface area contributed by atoms with Crippen LogP contribution in [0, 0.1) is 11.8 Å². The summed E-state index contributed by atoms with van der Waals surface area (Å²) in [5, 5.41) is 2.99. The Morgan fingerprint density at radius 1 is 1.18 bits per heavy atom. The lowest BCUT2D eigenvalue weighted by atomic mass is 9.99. The number of methoxy groups -OCH3 is 1. The second-order valence-electron chi connectivity index (χ2n) is 10.5. The van der Waals surface area contributed by atoms with Gasteiger partial charge in [0.05, 0.1) is 11.7 Å². The van der Waals surface area contributed by atoms with Crippen molar-refractivity contribution in [2.45, 2.75) is 45.4 Å². The summed E-state index contributed by atoms with van der Waals surface area (Å²) in [6, 6.07) is 9.40. The summed E-state index contributed by atoms with van der Waals surface area (Å²) in [6.07, 6.45) is 4.92. The minimum absolute atomic E-state index is 0.0453. The van der Waals surface area contributed by atoms with Gasteiger partial charge in [0.25, 0.3) is 5.91 Å². The van der Waals surface area contributed by atoms with Gasteiger partial charge >= 0.3 is 0 Å². The molecule has 9 heteroatoms. The first-order valence-corrected chi connectivity index (χ1v) is 13.4. The molecule has 1 aromatic heterocycles. The number of pyridine rings is 1. The van der Waals surface area contributed by atoms with Crippen molar-refractivity contribution in [3.05, 3.63) is 53.9 Å². The van der Waals surface area contributed by atoms with Gasteiger partial charge in [-0.1, -0.05) is 13.0 Å². The molecule has 0 saturated carbocycles. The number of nitrogens with zero attached hydrogens (tertiary/aromatic N) is 3. The Labute approximate surface area is 225 Å². The molecule has 0 bridgehead atoms. The molecule has 3 heterocycles. The SMILES string of the molecule is CO[C@H]1CN(C)C(=O)c2cc(NC(=O)C3CCOCC3)ccc2OC[C@H](C)N(Cc2cccnc2)C[C@H]1C. The fraction of sp³-hybridized carbons (Fsp3) is 0.552. The van der Waals surface area contributed by atoms with Crippen LogP contribution in [0.15, 0.2) is 42.7 Å². The van der Waals surface area contributed by atoms with Gasteiger partial charge in [0.2, 0.25) is 5.91 Å². The molecule has 2 amide bonds. The first kappa shape index (κ1) is 28.0. The molecule has 206 valence electrons. The highest BCUT2D eigenvalue weighted by molar-refractivity contribution is 5.99. The number of carbonyl (C=O) groups is 2. The number of likely N-dealkylation sites (N-methyl/N-ethyl adjacent to an activating group) is 1. The fourth-order valence-corrected chi connectivity index (χ4v) is 5.08. The number of hydrogen-bond donors (Lipinski definition) is 1. The van der Waals surface area contributed by atoms with Crippen molar-refractivity contribution in [1.29, 1.82) is 0 Å². The van der Waals surface area contributed by atoms with Crippen LogP contribution in [0.3, 0.4) is 0 Å². The summed E-state index contributed by atoms with van der Waals surface area (Å²) in [4.78, 5) is 34.7. The van der Waals surface area contributed by atoms with Crippen LogP contribution >= 0.6 is 0 Å². The molecule has 38 heavy (non-hydrogen) atoms. The van der Waals surface area contributed by atoms with Gasteiger partial charge in [-0.25, -0.2) is 0 Å². The monoisotopic (exact) mass is 524 g/mol. The van der Waals surface area contributed by atoms with E-state index in [4.69, 9.17) is 14.2 Å². The van der Waals surface area contributed by atoms with Crippen molar-refractivity contribution in [1.82, 2.24) is 14.8 Å². The van der Waals surface area contributed by atoms with E-state index in [9.17, 15) is 9.59 Å². The van der Waals surface area contributed by atoms with E-state index in [1.165, 1.54) is 0 Å². The normalized spacial score (nSPS) is 24.1. The van der Waals surface area contributed by atoms with Gasteiger partial charge in [-0.3, -0.25) is 19.5 Å². The molecule has 1 aromatic carbocycles. The predicted octanol–water partition coefficient (Wildman–Crippen LogP) is 3.45. The maximum absolute atomic E-state index is 13.6. The van der Waals surface area contributed by atoms with E-state index >= 15 is 0 Å². The zero-order valence-corrected chi connectivity index (χ0v) is 22.9. The van der Waals surface area contributed by atoms with Crippen LogP contribution in [-0.2, 0) is 20.8 Å². The first-order valence-electron chi connectivity index (χ1n) is 13.4. The highest BCUT2D eigenvalue weighted by Crippen LogP contribution is 2.27. The number of nitrogens with one attached hydrogen (secondary N) is 1. The summed E-state index contributed by atoms with van der Waals surface area (Å²) in [7, 11) is 3.47. The predicted molar refractivity (Wildman–Crippen MR) is 145 cm³/mol. The van der Waals surface area contributed by atoms with Crippen molar-refractivity contribution >= 4 is 17.5 Å². The standard InChI is InChI=1S/C29H40N4O5/c1-20-16-33(17-22-6-5-11-30-15-22)21(2)19-38-26-8-7-24(31-28(34)23-9-12-37-13-10-23)14-25(26)29(35)32(3)18-27(20)36-4/h5-8,11,14-15,20-21,23,27H,9-10,12-13,16-19H2,1-4H3,(H,31,34)/t20-,21+,27+/m1/s1. The molecule has 9 nitrogen and oxygen atoms in total. The Morgan fingerprint density at radius 3 is 2.68 bits per heavy atom. The van der Waals surface area contributed by atoms with Gasteiger partial charge in [-0.2, -0.15) is 0 Å². The van der Waals surface area contributed by atoms with Crippen LogP contribution < -0.4 is 10.1 Å². The van der Waals surface area contributed by atoms with E-state index in [0.717, 1.165) is 18.7 Å². The molecule has 0 unspecified atom stereocenters. The highest BCUT2D eigenvalue weighted by Gasteiger charge is 2.29. The molecule has 0 radical (unpaired) electrons. The van der Waals surface area contributed by atoms with Crippen molar-refractivity contribution in [2.75, 3.05) is 52.4 Å². The second kappa shape index (κ2) is 13.2. The van der Waals surface area contributed by atoms with Crippen LogP contribution in [0.2, 0.25) is 0 Å². The number of anilines is 1. The Bertz CT molecular complexity index is 1080. The number of benzene rings is 1. The molecule has 1 saturated heterocycles. The lowest BCUT2D eigenvalue weighted by Crippen LogP contribution is -2.46. The summed E-state index contributed by atoms with van der Waals surface area (Å²) in [6.45, 7) is 7.82. The summed E-state index contributed by atoms with van der Waals surface area (Å²) >= 11 is 0. The molecule has 2 aliphatic rings. The van der Waals surface area contributed by atoms with Gasteiger partial charge in [-0.15, -0.1) is 0 Å². The number of aromatic nitrogens is 1. The molecule has 3 atom stereocenters. The molecule has 4 rings (SSSR count). The summed E-state index contributed by atoms with van der Waals surface area (Å²) < 4.78 is 17.5. The van der Waals surface area contributed by atoms with E-state index in [-0.39, 0.29) is 35.8 Å². The van der Waals surface area contributed by atoms with Crippen LogP contribution in [-0.4, -0.2) is 85.8 Å². The Morgan fingerprint density at radius 2 is 1.97 bits per heavy atom. The zero-order chi connectivity index (χ0) is 27.1. The third kappa shape index (κ3) is 7.09. The Hall–Kier alpha value is -3.01. The third-order valence-corrected chi connectivity index (χ3v) is 7.54. The molecule has 1 N–H and O–H groups in total. The second-order valence-corrected chi connectivity index (χ2v) is 10.5. The topological polar surface area (TPSA) is 93.2 Å². The Kier molecular flexibility index (Phi) is 9.71. The number of hydrogen-bond acceptors (Lipinski definition) is 7. The highest BCUT2D eigenvalue weighted by atomic mass is 16.5. The number of rotatable bonds is 5. The van der Waals surface area contributed by atoms with E-state index < -0.39 is 0 Å². The zero-order valence-electron chi connectivity index (χ0n) is 22.9. The first-order chi connectivity index (χ1) is 18.4. The third-order valence-electron chi connectivity index (χ3n) is 7.54. The smallest absolute Gasteiger partial charge is 0.257 e. The average Bonchev–Trinajstić information content (AvgIpc) is 2.94.